The Labute approximate surface area is 83.3 Å². The predicted molar refractivity (Wildman–Crippen MR) is 52.2 cm³/mol. The summed E-state index contributed by atoms with van der Waals surface area (Å²) in [5, 5.41) is 4.10. The minimum Gasteiger partial charge on any atom is -0.398 e. The van der Waals surface area contributed by atoms with E-state index in [0.29, 0.717) is 0 Å². The lowest BCUT2D eigenvalue weighted by Gasteiger charge is -2.10. The molecule has 1 aromatic rings. The molecule has 0 bridgehead atoms. The molecular weight excluding hydrogens is 179 g/mol. The molecule has 2 atom stereocenters. The summed E-state index contributed by atoms with van der Waals surface area (Å²) in [4.78, 5) is 0. The molecule has 14 heavy (non-hydrogen) atoms. The fourth-order valence-electron chi connectivity index (χ4n) is 2.16. The zero-order valence-corrected chi connectivity index (χ0v) is 8.65. The number of nitrogens with zero attached hydrogens (tertiary/aromatic N) is 2. The van der Waals surface area contributed by atoms with Crippen LogP contribution >= 0.6 is 0 Å². The lowest BCUT2D eigenvalue weighted by Crippen LogP contribution is -2.40. The van der Waals surface area contributed by atoms with Gasteiger partial charge < -0.3 is 9.31 Å². The van der Waals surface area contributed by atoms with Crippen LogP contribution in [0.3, 0.4) is 0 Å². The standard InChI is InChI=1S/C9H13BN2O2/c1-8-6-9(8,2)14-10(13-8)7-4-5-11-12(7)3/h4-5H,6H2,1-3H3. The van der Waals surface area contributed by atoms with Gasteiger partial charge in [-0.2, -0.15) is 5.10 Å². The summed E-state index contributed by atoms with van der Waals surface area (Å²) < 4.78 is 13.5. The van der Waals surface area contributed by atoms with Crippen molar-refractivity contribution >= 4 is 12.7 Å². The Morgan fingerprint density at radius 2 is 2.07 bits per heavy atom. The maximum atomic E-state index is 5.87. The zero-order valence-electron chi connectivity index (χ0n) is 8.65. The van der Waals surface area contributed by atoms with Gasteiger partial charge in [-0.3, -0.25) is 4.68 Å². The summed E-state index contributed by atoms with van der Waals surface area (Å²) in [7, 11) is 1.66. The van der Waals surface area contributed by atoms with Crippen molar-refractivity contribution in [3.8, 4) is 0 Å². The topological polar surface area (TPSA) is 36.3 Å². The first-order valence-corrected chi connectivity index (χ1v) is 4.88. The Kier molecular flexibility index (Phi) is 1.35. The van der Waals surface area contributed by atoms with E-state index in [0.717, 1.165) is 12.0 Å². The van der Waals surface area contributed by atoms with Crippen LogP contribution in [0.1, 0.15) is 20.3 Å². The molecule has 0 aromatic carbocycles. The van der Waals surface area contributed by atoms with Gasteiger partial charge in [0.1, 0.15) is 0 Å². The Morgan fingerprint density at radius 1 is 1.43 bits per heavy atom. The lowest BCUT2D eigenvalue weighted by atomic mass is 9.84. The van der Waals surface area contributed by atoms with E-state index >= 15 is 0 Å². The van der Waals surface area contributed by atoms with Crippen molar-refractivity contribution in [1.29, 1.82) is 0 Å². The van der Waals surface area contributed by atoms with Crippen LogP contribution in [0.15, 0.2) is 12.3 Å². The van der Waals surface area contributed by atoms with Crippen molar-refractivity contribution in [2.75, 3.05) is 0 Å². The van der Waals surface area contributed by atoms with Crippen molar-refractivity contribution in [3.05, 3.63) is 12.3 Å². The predicted octanol–water partition coefficient (Wildman–Crippen LogP) is 0.0832. The molecule has 1 saturated carbocycles. The van der Waals surface area contributed by atoms with Crippen LogP contribution in [-0.4, -0.2) is 28.1 Å². The highest BCUT2D eigenvalue weighted by Crippen LogP contribution is 2.57. The number of hydrogen-bond donors (Lipinski definition) is 0. The summed E-state index contributed by atoms with van der Waals surface area (Å²) in [6.07, 6.45) is 2.75. The molecule has 4 nitrogen and oxygen atoms in total. The molecule has 1 aliphatic carbocycles. The summed E-state index contributed by atoms with van der Waals surface area (Å²) in [6.45, 7) is 4.20. The number of rotatable bonds is 1. The van der Waals surface area contributed by atoms with Crippen LogP contribution in [0, 0.1) is 0 Å². The van der Waals surface area contributed by atoms with Crippen LogP contribution in [-0.2, 0) is 16.4 Å². The highest BCUT2D eigenvalue weighted by Gasteiger charge is 2.71. The van der Waals surface area contributed by atoms with Crippen molar-refractivity contribution in [2.24, 2.45) is 7.05 Å². The van der Waals surface area contributed by atoms with Crippen LogP contribution < -0.4 is 5.59 Å². The number of hydrogen-bond acceptors (Lipinski definition) is 3. The van der Waals surface area contributed by atoms with E-state index in [4.69, 9.17) is 9.31 Å². The molecule has 3 rings (SSSR count). The van der Waals surface area contributed by atoms with Crippen molar-refractivity contribution in [1.82, 2.24) is 9.78 Å². The normalized spacial score (nSPS) is 40.1. The molecule has 2 fully saturated rings. The smallest absolute Gasteiger partial charge is 0.398 e. The first-order valence-electron chi connectivity index (χ1n) is 4.88. The molecule has 0 radical (unpaired) electrons. The van der Waals surface area contributed by atoms with Gasteiger partial charge in [-0.05, 0) is 19.9 Å². The second kappa shape index (κ2) is 2.23. The van der Waals surface area contributed by atoms with Crippen molar-refractivity contribution in [3.63, 3.8) is 0 Å². The van der Waals surface area contributed by atoms with Gasteiger partial charge in [0.05, 0.1) is 16.8 Å². The molecular formula is C9H13BN2O2. The fraction of sp³-hybridized carbons (Fsp3) is 0.667. The Balaban J connectivity index is 1.89. The zero-order chi connectivity index (χ0) is 9.97. The van der Waals surface area contributed by atoms with Crippen LogP contribution in [0.4, 0.5) is 0 Å². The molecule has 1 aliphatic heterocycles. The lowest BCUT2D eigenvalue weighted by molar-refractivity contribution is 0.187. The van der Waals surface area contributed by atoms with E-state index in [2.05, 4.69) is 18.9 Å². The van der Waals surface area contributed by atoms with E-state index in [-0.39, 0.29) is 18.3 Å². The Hall–Kier alpha value is -0.805. The fourth-order valence-corrected chi connectivity index (χ4v) is 2.16. The molecule has 0 N–H and O–H groups in total. The monoisotopic (exact) mass is 192 g/mol. The Morgan fingerprint density at radius 3 is 2.57 bits per heavy atom. The van der Waals surface area contributed by atoms with Crippen LogP contribution in [0.5, 0.6) is 0 Å². The van der Waals surface area contributed by atoms with Crippen molar-refractivity contribution in [2.45, 2.75) is 31.5 Å². The highest BCUT2D eigenvalue weighted by atomic mass is 16.7. The molecule has 2 heterocycles. The summed E-state index contributed by atoms with van der Waals surface area (Å²) in [6, 6.07) is 1.93. The first-order chi connectivity index (χ1) is 6.54. The molecule has 0 spiro atoms. The number of fused-ring (bicyclic) bond motifs is 1. The van der Waals surface area contributed by atoms with Gasteiger partial charge >= 0.3 is 7.12 Å². The van der Waals surface area contributed by atoms with E-state index < -0.39 is 0 Å². The van der Waals surface area contributed by atoms with Gasteiger partial charge in [0.25, 0.3) is 0 Å². The minimum atomic E-state index is -0.244. The van der Waals surface area contributed by atoms with Gasteiger partial charge in [0, 0.05) is 19.7 Å². The molecule has 1 aromatic heterocycles. The third-order valence-electron chi connectivity index (χ3n) is 3.50. The summed E-state index contributed by atoms with van der Waals surface area (Å²) in [5.74, 6) is 0. The number of aromatic nitrogens is 2. The molecule has 74 valence electrons. The van der Waals surface area contributed by atoms with E-state index in [1.807, 2.05) is 13.1 Å². The third kappa shape index (κ3) is 0.888. The van der Waals surface area contributed by atoms with E-state index in [1.165, 1.54) is 0 Å². The van der Waals surface area contributed by atoms with Crippen molar-refractivity contribution < 1.29 is 9.31 Å². The third-order valence-corrected chi connectivity index (χ3v) is 3.50. The van der Waals surface area contributed by atoms with Gasteiger partial charge in [0.2, 0.25) is 0 Å². The largest absolute Gasteiger partial charge is 0.514 e. The van der Waals surface area contributed by atoms with Gasteiger partial charge in [0.15, 0.2) is 0 Å². The molecule has 0 amide bonds. The Bertz CT molecular complexity index is 378. The van der Waals surface area contributed by atoms with E-state index in [9.17, 15) is 0 Å². The highest BCUT2D eigenvalue weighted by molar-refractivity contribution is 6.61. The van der Waals surface area contributed by atoms with Gasteiger partial charge in [-0.15, -0.1) is 0 Å². The minimum absolute atomic E-state index is 0.0814. The average molecular weight is 192 g/mol. The summed E-state index contributed by atoms with van der Waals surface area (Å²) in [5.41, 5.74) is 0.823. The first kappa shape index (κ1) is 8.50. The quantitative estimate of drug-likeness (QED) is 0.591. The van der Waals surface area contributed by atoms with Crippen LogP contribution in [0.25, 0.3) is 0 Å². The average Bonchev–Trinajstić information content (AvgIpc) is 2.48. The maximum absolute atomic E-state index is 5.87. The summed E-state index contributed by atoms with van der Waals surface area (Å²) >= 11 is 0. The molecule has 1 saturated heterocycles. The molecule has 5 heteroatoms. The van der Waals surface area contributed by atoms with Gasteiger partial charge in [-0.1, -0.05) is 0 Å². The SMILES string of the molecule is Cn1nccc1B1OC2(C)CC2(C)O1. The van der Waals surface area contributed by atoms with Crippen LogP contribution in [0.2, 0.25) is 0 Å². The molecule has 2 unspecified atom stereocenters. The van der Waals surface area contributed by atoms with E-state index in [1.54, 1.807) is 10.9 Å². The van der Waals surface area contributed by atoms with Gasteiger partial charge in [-0.25, -0.2) is 0 Å². The molecule has 2 aliphatic rings. The second-order valence-corrected chi connectivity index (χ2v) is 4.59. The maximum Gasteiger partial charge on any atom is 0.514 e. The second-order valence-electron chi connectivity index (χ2n) is 4.59. The number of aryl methyl sites for hydroxylation is 1.